The summed E-state index contributed by atoms with van der Waals surface area (Å²) >= 11 is 1.79. The van der Waals surface area contributed by atoms with Gasteiger partial charge in [-0.2, -0.15) is 11.8 Å². The molecule has 0 aliphatic carbocycles. The first-order valence-corrected chi connectivity index (χ1v) is 6.65. The van der Waals surface area contributed by atoms with Crippen molar-refractivity contribution in [1.82, 2.24) is 4.98 Å². The molecule has 0 amide bonds. The summed E-state index contributed by atoms with van der Waals surface area (Å²) in [7, 11) is 1.99. The number of anilines is 1. The number of nitrogens with two attached hydrogens (primary N) is 1. The van der Waals surface area contributed by atoms with Crippen LogP contribution in [0, 0.1) is 0 Å². The molecule has 1 aromatic rings. The van der Waals surface area contributed by atoms with Gasteiger partial charge in [0, 0.05) is 30.6 Å². The van der Waals surface area contributed by atoms with E-state index < -0.39 is 0 Å². The van der Waals surface area contributed by atoms with E-state index in [0.29, 0.717) is 11.6 Å². The van der Waals surface area contributed by atoms with Gasteiger partial charge < -0.3 is 15.8 Å². The third-order valence-corrected chi connectivity index (χ3v) is 3.40. The Balaban J connectivity index is 2.91. The molecule has 0 saturated carbocycles. The summed E-state index contributed by atoms with van der Waals surface area (Å²) in [4.78, 5) is 6.36. The number of thioether (sulfide) groups is 1. The second kappa shape index (κ2) is 6.34. The fourth-order valence-electron chi connectivity index (χ4n) is 1.41. The van der Waals surface area contributed by atoms with Gasteiger partial charge in [0.05, 0.1) is 0 Å². The van der Waals surface area contributed by atoms with E-state index in [0.717, 1.165) is 11.6 Å². The number of amidine groups is 1. The van der Waals surface area contributed by atoms with Crippen molar-refractivity contribution in [3.8, 4) is 0 Å². The van der Waals surface area contributed by atoms with E-state index in [2.05, 4.69) is 28.2 Å². The minimum Gasteiger partial charge on any atom is -0.409 e. The number of oxime groups is 1. The summed E-state index contributed by atoms with van der Waals surface area (Å²) in [5, 5.41) is 11.6. The van der Waals surface area contributed by atoms with Gasteiger partial charge >= 0.3 is 0 Å². The SMILES string of the molecule is CSCC(C)N(C)c1cc(/C(N)=N/O)ccn1. The third-order valence-electron chi connectivity index (χ3n) is 2.58. The maximum absolute atomic E-state index is 8.64. The zero-order chi connectivity index (χ0) is 12.8. The van der Waals surface area contributed by atoms with Crippen LogP contribution in [0.2, 0.25) is 0 Å². The number of aromatic nitrogens is 1. The number of hydrogen-bond donors (Lipinski definition) is 2. The van der Waals surface area contributed by atoms with Crippen molar-refractivity contribution < 1.29 is 5.21 Å². The predicted molar refractivity (Wildman–Crippen MR) is 73.0 cm³/mol. The second-order valence-electron chi connectivity index (χ2n) is 3.80. The summed E-state index contributed by atoms with van der Waals surface area (Å²) in [6, 6.07) is 3.90. The van der Waals surface area contributed by atoms with Crippen LogP contribution < -0.4 is 10.6 Å². The highest BCUT2D eigenvalue weighted by Gasteiger charge is 2.11. The van der Waals surface area contributed by atoms with Gasteiger partial charge in [-0.1, -0.05) is 5.16 Å². The van der Waals surface area contributed by atoms with Crippen LogP contribution in [-0.2, 0) is 0 Å². The number of nitrogens with zero attached hydrogens (tertiary/aromatic N) is 3. The number of hydrogen-bond acceptors (Lipinski definition) is 5. The summed E-state index contributed by atoms with van der Waals surface area (Å²) in [6.45, 7) is 2.13. The molecule has 1 heterocycles. The van der Waals surface area contributed by atoms with E-state index in [-0.39, 0.29) is 5.84 Å². The largest absolute Gasteiger partial charge is 0.409 e. The Morgan fingerprint density at radius 1 is 1.71 bits per heavy atom. The van der Waals surface area contributed by atoms with Crippen molar-refractivity contribution in [2.24, 2.45) is 10.9 Å². The maximum Gasteiger partial charge on any atom is 0.170 e. The van der Waals surface area contributed by atoms with Crippen LogP contribution in [0.5, 0.6) is 0 Å². The molecular formula is C11H18N4OS. The summed E-state index contributed by atoms with van der Waals surface area (Å²) < 4.78 is 0. The van der Waals surface area contributed by atoms with Crippen molar-refractivity contribution in [3.63, 3.8) is 0 Å². The maximum atomic E-state index is 8.64. The molecule has 0 radical (unpaired) electrons. The highest BCUT2D eigenvalue weighted by molar-refractivity contribution is 7.98. The molecular weight excluding hydrogens is 236 g/mol. The van der Waals surface area contributed by atoms with E-state index in [1.807, 2.05) is 13.1 Å². The molecule has 0 aromatic carbocycles. The van der Waals surface area contributed by atoms with Crippen LogP contribution >= 0.6 is 11.8 Å². The van der Waals surface area contributed by atoms with Gasteiger partial charge in [-0.25, -0.2) is 4.98 Å². The Hall–Kier alpha value is -1.43. The van der Waals surface area contributed by atoms with Crippen molar-refractivity contribution in [1.29, 1.82) is 0 Å². The Bertz CT molecular complexity index is 397. The van der Waals surface area contributed by atoms with E-state index in [1.165, 1.54) is 0 Å². The zero-order valence-corrected chi connectivity index (χ0v) is 11.1. The average Bonchev–Trinajstić information content (AvgIpc) is 2.37. The van der Waals surface area contributed by atoms with E-state index >= 15 is 0 Å². The van der Waals surface area contributed by atoms with E-state index in [9.17, 15) is 0 Å². The van der Waals surface area contributed by atoms with Crippen LogP contribution in [0.25, 0.3) is 0 Å². The lowest BCUT2D eigenvalue weighted by molar-refractivity contribution is 0.318. The standard InChI is InChI=1S/C11H18N4OS/c1-8(7-17-3)15(2)10-6-9(4-5-13-10)11(12)14-16/h4-6,8,16H,7H2,1-3H3,(H2,12,14). The molecule has 1 unspecified atom stereocenters. The molecule has 6 heteroatoms. The zero-order valence-electron chi connectivity index (χ0n) is 10.3. The fraction of sp³-hybridized carbons (Fsp3) is 0.455. The average molecular weight is 254 g/mol. The van der Waals surface area contributed by atoms with Gasteiger partial charge in [-0.15, -0.1) is 0 Å². The van der Waals surface area contributed by atoms with Crippen LogP contribution in [0.3, 0.4) is 0 Å². The molecule has 17 heavy (non-hydrogen) atoms. The Morgan fingerprint density at radius 3 is 3.00 bits per heavy atom. The normalized spacial score (nSPS) is 13.5. The first-order valence-electron chi connectivity index (χ1n) is 5.25. The molecule has 5 nitrogen and oxygen atoms in total. The lowest BCUT2D eigenvalue weighted by atomic mass is 10.2. The molecule has 3 N–H and O–H groups in total. The first kappa shape index (κ1) is 13.6. The highest BCUT2D eigenvalue weighted by atomic mass is 32.2. The topological polar surface area (TPSA) is 74.7 Å². The first-order chi connectivity index (χ1) is 8.10. The van der Waals surface area contributed by atoms with Crippen LogP contribution in [-0.4, -0.2) is 41.1 Å². The molecule has 1 rings (SSSR count). The highest BCUT2D eigenvalue weighted by Crippen LogP contribution is 2.15. The predicted octanol–water partition coefficient (Wildman–Crippen LogP) is 1.36. The summed E-state index contributed by atoms with van der Waals surface area (Å²) in [5.41, 5.74) is 6.21. The summed E-state index contributed by atoms with van der Waals surface area (Å²) in [6.07, 6.45) is 3.73. The molecule has 0 fully saturated rings. The van der Waals surface area contributed by atoms with Crippen LogP contribution in [0.15, 0.2) is 23.5 Å². The lowest BCUT2D eigenvalue weighted by Crippen LogP contribution is -2.31. The lowest BCUT2D eigenvalue weighted by Gasteiger charge is -2.25. The van der Waals surface area contributed by atoms with Crippen molar-refractivity contribution in [3.05, 3.63) is 23.9 Å². The molecule has 94 valence electrons. The van der Waals surface area contributed by atoms with Gasteiger partial charge in [0.15, 0.2) is 5.84 Å². The van der Waals surface area contributed by atoms with Gasteiger partial charge in [-0.3, -0.25) is 0 Å². The minimum absolute atomic E-state index is 0.0968. The third kappa shape index (κ3) is 3.52. The monoisotopic (exact) mass is 254 g/mol. The van der Waals surface area contributed by atoms with Gasteiger partial charge in [0.25, 0.3) is 0 Å². The second-order valence-corrected chi connectivity index (χ2v) is 4.71. The molecule has 0 aliphatic rings. The fourth-order valence-corrected chi connectivity index (χ4v) is 2.11. The number of pyridine rings is 1. The van der Waals surface area contributed by atoms with Crippen molar-refractivity contribution in [2.75, 3.05) is 24.0 Å². The number of rotatable bonds is 5. The summed E-state index contributed by atoms with van der Waals surface area (Å²) in [5.74, 6) is 1.93. The smallest absolute Gasteiger partial charge is 0.170 e. The van der Waals surface area contributed by atoms with Crippen LogP contribution in [0.1, 0.15) is 12.5 Å². The quantitative estimate of drug-likeness (QED) is 0.359. The molecule has 0 saturated heterocycles. The Kier molecular flexibility index (Phi) is 5.09. The molecule has 0 spiro atoms. The molecule has 0 bridgehead atoms. The Morgan fingerprint density at radius 2 is 2.41 bits per heavy atom. The van der Waals surface area contributed by atoms with Gasteiger partial charge in [0.1, 0.15) is 5.82 Å². The minimum atomic E-state index is 0.0968. The van der Waals surface area contributed by atoms with Crippen molar-refractivity contribution >= 4 is 23.4 Å². The van der Waals surface area contributed by atoms with Gasteiger partial charge in [0.2, 0.25) is 0 Å². The van der Waals surface area contributed by atoms with Crippen molar-refractivity contribution in [2.45, 2.75) is 13.0 Å². The Labute approximate surface area is 106 Å². The van der Waals surface area contributed by atoms with Crippen LogP contribution in [0.4, 0.5) is 5.82 Å². The molecule has 1 atom stereocenters. The van der Waals surface area contributed by atoms with E-state index in [4.69, 9.17) is 10.9 Å². The van der Waals surface area contributed by atoms with Gasteiger partial charge in [-0.05, 0) is 25.3 Å². The molecule has 0 aliphatic heterocycles. The molecule has 1 aromatic heterocycles. The van der Waals surface area contributed by atoms with E-state index in [1.54, 1.807) is 24.0 Å².